The maximum Gasteiger partial charge on any atom is 0.247 e. The van der Waals surface area contributed by atoms with Crippen molar-refractivity contribution in [1.82, 2.24) is 15.2 Å². The first-order chi connectivity index (χ1) is 12.7. The Labute approximate surface area is 158 Å². The van der Waals surface area contributed by atoms with E-state index in [1.807, 2.05) is 18.2 Å². The van der Waals surface area contributed by atoms with Crippen LogP contribution in [0.25, 0.3) is 11.3 Å². The number of hydrogen-bond donors (Lipinski definition) is 1. The molecule has 0 amide bonds. The van der Waals surface area contributed by atoms with Gasteiger partial charge in [-0.1, -0.05) is 55.5 Å². The number of allylic oxidation sites excluding steroid dienone is 2. The fraction of sp³-hybridized carbons (Fsp3) is 0.450. The van der Waals surface area contributed by atoms with E-state index >= 15 is 0 Å². The molecule has 1 aliphatic carbocycles. The first-order valence-corrected chi connectivity index (χ1v) is 10.2. The van der Waals surface area contributed by atoms with Crippen LogP contribution >= 0.6 is 11.8 Å². The van der Waals surface area contributed by atoms with E-state index in [4.69, 9.17) is 4.74 Å². The van der Waals surface area contributed by atoms with Gasteiger partial charge in [-0.25, -0.2) is 0 Å². The molecule has 1 N–H and O–H groups in total. The van der Waals surface area contributed by atoms with Gasteiger partial charge in [0.25, 0.3) is 0 Å². The molecule has 2 aromatic rings. The van der Waals surface area contributed by atoms with Gasteiger partial charge >= 0.3 is 0 Å². The van der Waals surface area contributed by atoms with E-state index in [1.54, 1.807) is 11.8 Å². The maximum absolute atomic E-state index is 6.40. The zero-order valence-electron chi connectivity index (χ0n) is 15.4. The Hall–Kier alpha value is -2.08. The van der Waals surface area contributed by atoms with Gasteiger partial charge in [0.05, 0.1) is 0 Å². The van der Waals surface area contributed by atoms with E-state index in [9.17, 15) is 0 Å². The Kier molecular flexibility index (Phi) is 4.85. The number of thioether (sulfide) groups is 1. The van der Waals surface area contributed by atoms with E-state index in [-0.39, 0.29) is 6.23 Å². The highest BCUT2D eigenvalue weighted by atomic mass is 32.2. The minimum absolute atomic E-state index is 0.132. The predicted molar refractivity (Wildman–Crippen MR) is 105 cm³/mol. The molecule has 0 saturated carbocycles. The second-order valence-corrected chi connectivity index (χ2v) is 8.27. The molecular weight excluding hydrogens is 344 g/mol. The van der Waals surface area contributed by atoms with Gasteiger partial charge in [0.2, 0.25) is 11.0 Å². The minimum Gasteiger partial charge on any atom is -0.452 e. The summed E-state index contributed by atoms with van der Waals surface area (Å²) in [5, 5.41) is 13.0. The third-order valence-corrected chi connectivity index (χ3v) is 5.85. The van der Waals surface area contributed by atoms with Crippen molar-refractivity contribution in [1.29, 1.82) is 0 Å². The van der Waals surface area contributed by atoms with Gasteiger partial charge in [0.1, 0.15) is 0 Å². The van der Waals surface area contributed by atoms with Crippen LogP contribution < -0.4 is 10.1 Å². The normalized spacial score (nSPS) is 24.4. The molecule has 2 aliphatic rings. The van der Waals surface area contributed by atoms with Gasteiger partial charge in [-0.05, 0) is 37.5 Å². The third kappa shape index (κ3) is 3.30. The number of benzene rings is 1. The second-order valence-electron chi connectivity index (χ2n) is 7.04. The molecule has 3 atom stereocenters. The third-order valence-electron chi connectivity index (χ3n) is 5.13. The number of aromatic nitrogens is 3. The van der Waals surface area contributed by atoms with Crippen LogP contribution in [0.3, 0.4) is 0 Å². The van der Waals surface area contributed by atoms with E-state index in [1.165, 1.54) is 5.57 Å². The van der Waals surface area contributed by atoms with Crippen molar-refractivity contribution in [2.24, 2.45) is 11.8 Å². The summed E-state index contributed by atoms with van der Waals surface area (Å²) >= 11 is 1.58. The van der Waals surface area contributed by atoms with Crippen LogP contribution in [0.1, 0.15) is 33.6 Å². The summed E-state index contributed by atoms with van der Waals surface area (Å²) in [6, 6.07) is 8.16. The van der Waals surface area contributed by atoms with Crippen molar-refractivity contribution in [2.75, 3.05) is 11.1 Å². The molecule has 0 fully saturated rings. The fourth-order valence-corrected chi connectivity index (χ4v) is 4.29. The lowest BCUT2D eigenvalue weighted by molar-refractivity contribution is 0.114. The van der Waals surface area contributed by atoms with Crippen molar-refractivity contribution >= 4 is 17.4 Å². The molecule has 0 radical (unpaired) electrons. The molecule has 1 aromatic carbocycles. The summed E-state index contributed by atoms with van der Waals surface area (Å²) in [6.07, 6.45) is 4.33. The quantitative estimate of drug-likeness (QED) is 0.622. The first-order valence-electron chi connectivity index (χ1n) is 9.21. The summed E-state index contributed by atoms with van der Waals surface area (Å²) in [5.74, 6) is 2.42. The molecule has 1 aliphatic heterocycles. The SMILES string of the molecule is CCSc1nnc2c(n1)OC(C1CC=C(C)CC1C)Nc1ccccc1-2. The lowest BCUT2D eigenvalue weighted by Crippen LogP contribution is -2.39. The molecule has 5 nitrogen and oxygen atoms in total. The average Bonchev–Trinajstić information content (AvgIpc) is 2.78. The van der Waals surface area contributed by atoms with Crippen LogP contribution in [0.2, 0.25) is 0 Å². The van der Waals surface area contributed by atoms with Gasteiger partial charge < -0.3 is 10.1 Å². The largest absolute Gasteiger partial charge is 0.452 e. The highest BCUT2D eigenvalue weighted by Gasteiger charge is 2.34. The van der Waals surface area contributed by atoms with Crippen LogP contribution in [0.15, 0.2) is 41.1 Å². The number of para-hydroxylation sites is 1. The molecule has 0 spiro atoms. The summed E-state index contributed by atoms with van der Waals surface area (Å²) < 4.78 is 6.40. The first kappa shape index (κ1) is 17.3. The van der Waals surface area contributed by atoms with Crippen LogP contribution in [-0.2, 0) is 0 Å². The zero-order chi connectivity index (χ0) is 18.1. The molecule has 1 aromatic heterocycles. The van der Waals surface area contributed by atoms with E-state index in [0.29, 0.717) is 28.6 Å². The Morgan fingerprint density at radius 3 is 2.92 bits per heavy atom. The minimum atomic E-state index is -0.132. The number of ether oxygens (including phenoxy) is 1. The lowest BCUT2D eigenvalue weighted by Gasteiger charge is -2.34. The van der Waals surface area contributed by atoms with Crippen molar-refractivity contribution < 1.29 is 4.74 Å². The molecule has 0 saturated heterocycles. The topological polar surface area (TPSA) is 59.9 Å². The fourth-order valence-electron chi connectivity index (χ4n) is 3.79. The van der Waals surface area contributed by atoms with Crippen LogP contribution in [0, 0.1) is 11.8 Å². The summed E-state index contributed by atoms with van der Waals surface area (Å²) in [5.41, 5.74) is 4.20. The molecule has 2 heterocycles. The van der Waals surface area contributed by atoms with E-state index in [2.05, 4.69) is 53.4 Å². The van der Waals surface area contributed by atoms with E-state index in [0.717, 1.165) is 29.8 Å². The number of anilines is 1. The van der Waals surface area contributed by atoms with Gasteiger partial charge in [-0.2, -0.15) is 4.98 Å². The Morgan fingerprint density at radius 2 is 2.12 bits per heavy atom. The number of nitrogens with one attached hydrogen (secondary N) is 1. The smallest absolute Gasteiger partial charge is 0.247 e. The Bertz CT molecular complexity index is 838. The van der Waals surface area contributed by atoms with Gasteiger partial charge in [-0.15, -0.1) is 10.2 Å². The Balaban J connectivity index is 1.75. The van der Waals surface area contributed by atoms with Gasteiger partial charge in [-0.3, -0.25) is 0 Å². The van der Waals surface area contributed by atoms with Crippen LogP contribution in [0.5, 0.6) is 5.88 Å². The van der Waals surface area contributed by atoms with Crippen LogP contribution in [0.4, 0.5) is 5.69 Å². The number of rotatable bonds is 3. The van der Waals surface area contributed by atoms with Crippen molar-refractivity contribution in [3.05, 3.63) is 35.9 Å². The van der Waals surface area contributed by atoms with Crippen LogP contribution in [-0.4, -0.2) is 27.2 Å². The predicted octanol–water partition coefficient (Wildman–Crippen LogP) is 4.77. The maximum atomic E-state index is 6.40. The van der Waals surface area contributed by atoms with E-state index < -0.39 is 0 Å². The highest BCUT2D eigenvalue weighted by Crippen LogP contribution is 2.40. The van der Waals surface area contributed by atoms with Crippen molar-refractivity contribution in [2.45, 2.75) is 45.0 Å². The standard InChI is InChI=1S/C20H24N4OS/c1-4-26-20-22-19-17(23-24-20)15-7-5-6-8-16(15)21-18(25-19)14-10-9-12(2)11-13(14)3/h5-9,13-14,18,21H,4,10-11H2,1-3H3. The van der Waals surface area contributed by atoms with Gasteiger partial charge in [0, 0.05) is 17.2 Å². The van der Waals surface area contributed by atoms with Crippen molar-refractivity contribution in [3.63, 3.8) is 0 Å². The number of hydrogen-bond acceptors (Lipinski definition) is 6. The summed E-state index contributed by atoms with van der Waals surface area (Å²) in [4.78, 5) is 4.66. The van der Waals surface area contributed by atoms with Gasteiger partial charge in [0.15, 0.2) is 11.9 Å². The molecule has 26 heavy (non-hydrogen) atoms. The lowest BCUT2D eigenvalue weighted by atomic mass is 9.80. The highest BCUT2D eigenvalue weighted by molar-refractivity contribution is 7.99. The molecule has 4 rings (SSSR count). The molecular formula is C20H24N4OS. The second kappa shape index (κ2) is 7.27. The molecule has 136 valence electrons. The van der Waals surface area contributed by atoms with Crippen molar-refractivity contribution in [3.8, 4) is 17.1 Å². The average molecular weight is 369 g/mol. The number of fused-ring (bicyclic) bond motifs is 3. The number of nitrogens with zero attached hydrogens (tertiary/aromatic N) is 3. The zero-order valence-corrected chi connectivity index (χ0v) is 16.2. The summed E-state index contributed by atoms with van der Waals surface area (Å²) in [7, 11) is 0. The Morgan fingerprint density at radius 1 is 1.27 bits per heavy atom. The summed E-state index contributed by atoms with van der Waals surface area (Å²) in [6.45, 7) is 6.60. The molecule has 6 heteroatoms. The monoisotopic (exact) mass is 368 g/mol. The molecule has 0 bridgehead atoms. The molecule has 3 unspecified atom stereocenters.